The number of hydrogen-bond acceptors (Lipinski definition) is 7. The molecule has 160 valence electrons. The maximum absolute atomic E-state index is 13.2. The van der Waals surface area contributed by atoms with Crippen LogP contribution >= 0.6 is 22.9 Å². The van der Waals surface area contributed by atoms with E-state index in [1.807, 2.05) is 35.7 Å². The van der Waals surface area contributed by atoms with Crippen molar-refractivity contribution in [2.24, 2.45) is 5.10 Å². The lowest BCUT2D eigenvalue weighted by Crippen LogP contribution is -2.49. The summed E-state index contributed by atoms with van der Waals surface area (Å²) in [6, 6.07) is 11.5. The number of carbonyl (C=O) groups excluding carboxylic acids is 1. The molecule has 9 heteroatoms. The molecule has 2 aliphatic heterocycles. The highest BCUT2D eigenvalue weighted by Gasteiger charge is 2.35. The lowest BCUT2D eigenvalue weighted by Gasteiger charge is -2.35. The summed E-state index contributed by atoms with van der Waals surface area (Å²) in [6.07, 6.45) is 3.97. The fourth-order valence-corrected chi connectivity index (χ4v) is 4.91. The Morgan fingerprint density at radius 2 is 2.03 bits per heavy atom. The van der Waals surface area contributed by atoms with Crippen molar-refractivity contribution in [3.8, 4) is 0 Å². The average molecular weight is 456 g/mol. The van der Waals surface area contributed by atoms with Crippen LogP contribution in [0.15, 0.2) is 63.8 Å². The Morgan fingerprint density at radius 3 is 2.71 bits per heavy atom. The Hall–Kier alpha value is -2.68. The molecule has 1 unspecified atom stereocenters. The topological polar surface area (TPSA) is 65.2 Å². The number of hydrogen-bond donors (Lipinski definition) is 0. The molecule has 1 fully saturated rings. The third-order valence-corrected chi connectivity index (χ3v) is 6.81. The number of rotatable bonds is 5. The molecule has 1 amide bonds. The number of nitrogens with zero attached hydrogens (tertiary/aromatic N) is 5. The van der Waals surface area contributed by atoms with Crippen LogP contribution in [0.25, 0.3) is 0 Å². The van der Waals surface area contributed by atoms with Gasteiger partial charge in [-0.05, 0) is 35.7 Å². The zero-order valence-corrected chi connectivity index (χ0v) is 18.4. The summed E-state index contributed by atoms with van der Waals surface area (Å²) in [5.41, 5.74) is 0.815. The van der Waals surface area contributed by atoms with Gasteiger partial charge in [0.15, 0.2) is 0 Å². The van der Waals surface area contributed by atoms with E-state index in [9.17, 15) is 4.79 Å². The number of furan rings is 1. The molecule has 0 spiro atoms. The SMILES string of the molecule is O=C(CN1CCN(c2ccc(Cl)cn2)CC1)N1N=C(c2ccco2)CC1c1cccs1. The number of thiophene rings is 1. The third-order valence-electron chi connectivity index (χ3n) is 5.61. The zero-order valence-electron chi connectivity index (χ0n) is 16.9. The van der Waals surface area contributed by atoms with E-state index in [-0.39, 0.29) is 11.9 Å². The molecule has 0 radical (unpaired) electrons. The maximum Gasteiger partial charge on any atom is 0.257 e. The van der Waals surface area contributed by atoms with Crippen molar-refractivity contribution < 1.29 is 9.21 Å². The van der Waals surface area contributed by atoms with Crippen molar-refractivity contribution in [3.05, 3.63) is 69.9 Å². The van der Waals surface area contributed by atoms with Crippen molar-refractivity contribution in [2.75, 3.05) is 37.6 Å². The van der Waals surface area contributed by atoms with E-state index in [2.05, 4.69) is 26.0 Å². The van der Waals surface area contributed by atoms with E-state index >= 15 is 0 Å². The second kappa shape index (κ2) is 8.82. The van der Waals surface area contributed by atoms with E-state index in [0.717, 1.165) is 48.3 Å². The first kappa shape index (κ1) is 20.2. The first-order valence-electron chi connectivity index (χ1n) is 10.2. The third kappa shape index (κ3) is 4.37. The van der Waals surface area contributed by atoms with Gasteiger partial charge in [0.1, 0.15) is 17.3 Å². The molecule has 5 rings (SSSR count). The molecular formula is C22H22ClN5O2S. The molecule has 3 aromatic rings. The molecule has 0 saturated carbocycles. The van der Waals surface area contributed by atoms with Crippen LogP contribution in [-0.2, 0) is 4.79 Å². The van der Waals surface area contributed by atoms with Gasteiger partial charge in [0, 0.05) is 43.7 Å². The van der Waals surface area contributed by atoms with Crippen molar-refractivity contribution in [2.45, 2.75) is 12.5 Å². The first-order valence-corrected chi connectivity index (χ1v) is 11.5. The number of carbonyl (C=O) groups is 1. The molecule has 0 aliphatic carbocycles. The molecule has 2 aliphatic rings. The molecule has 31 heavy (non-hydrogen) atoms. The van der Waals surface area contributed by atoms with E-state index in [1.165, 1.54) is 0 Å². The largest absolute Gasteiger partial charge is 0.463 e. The average Bonchev–Trinajstić information content (AvgIpc) is 3.56. The van der Waals surface area contributed by atoms with Crippen LogP contribution in [0.2, 0.25) is 5.02 Å². The minimum Gasteiger partial charge on any atom is -0.463 e. The summed E-state index contributed by atoms with van der Waals surface area (Å²) in [5, 5.41) is 8.97. The first-order chi connectivity index (χ1) is 15.2. The van der Waals surface area contributed by atoms with Gasteiger partial charge in [-0.3, -0.25) is 9.69 Å². The second-order valence-corrected chi connectivity index (χ2v) is 9.01. The summed E-state index contributed by atoms with van der Waals surface area (Å²) in [6.45, 7) is 3.57. The Kier molecular flexibility index (Phi) is 5.76. The van der Waals surface area contributed by atoms with Crippen molar-refractivity contribution in [1.29, 1.82) is 0 Å². The van der Waals surface area contributed by atoms with E-state index in [4.69, 9.17) is 16.0 Å². The molecule has 1 saturated heterocycles. The number of anilines is 1. The lowest BCUT2D eigenvalue weighted by molar-refractivity contribution is -0.134. The molecular weight excluding hydrogens is 434 g/mol. The normalized spacial score (nSPS) is 19.6. The number of pyridine rings is 1. The van der Waals surface area contributed by atoms with Crippen LogP contribution in [0, 0.1) is 0 Å². The molecule has 1 atom stereocenters. The van der Waals surface area contributed by atoms with Gasteiger partial charge in [-0.25, -0.2) is 9.99 Å². The smallest absolute Gasteiger partial charge is 0.257 e. The van der Waals surface area contributed by atoms with Gasteiger partial charge in [-0.1, -0.05) is 17.7 Å². The fraction of sp³-hybridized carbons (Fsp3) is 0.318. The van der Waals surface area contributed by atoms with Crippen molar-refractivity contribution in [1.82, 2.24) is 14.9 Å². The Morgan fingerprint density at radius 1 is 1.16 bits per heavy atom. The van der Waals surface area contributed by atoms with Gasteiger partial charge in [0.05, 0.1) is 23.9 Å². The highest BCUT2D eigenvalue weighted by molar-refractivity contribution is 7.10. The van der Waals surface area contributed by atoms with Crippen molar-refractivity contribution >= 4 is 40.4 Å². The highest BCUT2D eigenvalue weighted by atomic mass is 35.5. The number of amides is 1. The van der Waals surface area contributed by atoms with Crippen LogP contribution in [0.4, 0.5) is 5.82 Å². The second-order valence-electron chi connectivity index (χ2n) is 7.60. The van der Waals surface area contributed by atoms with Gasteiger partial charge >= 0.3 is 0 Å². The Balaban J connectivity index is 1.25. The summed E-state index contributed by atoms with van der Waals surface area (Å²) < 4.78 is 5.53. The summed E-state index contributed by atoms with van der Waals surface area (Å²) in [5.74, 6) is 1.65. The quantitative estimate of drug-likeness (QED) is 0.584. The minimum atomic E-state index is -0.0767. The van der Waals surface area contributed by atoms with Crippen LogP contribution < -0.4 is 4.90 Å². The van der Waals surface area contributed by atoms with Crippen LogP contribution in [-0.4, -0.2) is 59.2 Å². The van der Waals surface area contributed by atoms with Gasteiger partial charge in [0.2, 0.25) is 0 Å². The summed E-state index contributed by atoms with van der Waals surface area (Å²) >= 11 is 7.59. The summed E-state index contributed by atoms with van der Waals surface area (Å²) in [4.78, 5) is 23.2. The molecule has 0 aromatic carbocycles. The van der Waals surface area contributed by atoms with E-state index in [1.54, 1.807) is 28.8 Å². The zero-order chi connectivity index (χ0) is 21.2. The van der Waals surface area contributed by atoms with Crippen molar-refractivity contribution in [3.63, 3.8) is 0 Å². The van der Waals surface area contributed by atoms with Gasteiger partial charge in [0.25, 0.3) is 5.91 Å². The predicted octanol–water partition coefficient (Wildman–Crippen LogP) is 3.89. The molecule has 5 heterocycles. The monoisotopic (exact) mass is 455 g/mol. The van der Waals surface area contributed by atoms with E-state index in [0.29, 0.717) is 18.0 Å². The number of aromatic nitrogens is 1. The van der Waals surface area contributed by atoms with Crippen LogP contribution in [0.5, 0.6) is 0 Å². The lowest BCUT2D eigenvalue weighted by atomic mass is 10.1. The standard InChI is InChI=1S/C22H22ClN5O2S/c23-16-5-6-21(24-14-16)27-9-7-26(8-10-27)15-22(29)28-18(20-4-2-12-31-20)13-17(25-28)19-3-1-11-30-19/h1-6,11-12,14,18H,7-10,13,15H2. The summed E-state index contributed by atoms with van der Waals surface area (Å²) in [7, 11) is 0. The van der Waals surface area contributed by atoms with E-state index < -0.39 is 0 Å². The number of piperazine rings is 1. The molecule has 7 nitrogen and oxygen atoms in total. The minimum absolute atomic E-state index is 0.0121. The molecule has 3 aromatic heterocycles. The molecule has 0 N–H and O–H groups in total. The van der Waals surface area contributed by atoms with Gasteiger partial charge in [-0.2, -0.15) is 5.10 Å². The fourth-order valence-electron chi connectivity index (χ4n) is 3.99. The molecule has 0 bridgehead atoms. The predicted molar refractivity (Wildman–Crippen MR) is 122 cm³/mol. The van der Waals surface area contributed by atoms with Gasteiger partial charge < -0.3 is 9.32 Å². The van der Waals surface area contributed by atoms with Crippen LogP contribution in [0.1, 0.15) is 23.1 Å². The number of hydrazone groups is 1. The Labute approximate surface area is 189 Å². The van der Waals surface area contributed by atoms with Crippen LogP contribution in [0.3, 0.4) is 0 Å². The highest BCUT2D eigenvalue weighted by Crippen LogP contribution is 2.35. The van der Waals surface area contributed by atoms with Gasteiger partial charge in [-0.15, -0.1) is 11.3 Å². The number of halogens is 1. The maximum atomic E-state index is 13.2. The Bertz CT molecular complexity index is 1040.